The minimum atomic E-state index is -2.77. The fourth-order valence-corrected chi connectivity index (χ4v) is 3.36. The van der Waals surface area contributed by atoms with Gasteiger partial charge in [0.1, 0.15) is 9.84 Å². The maximum atomic E-state index is 11.3. The molecule has 1 aliphatic heterocycles. The summed E-state index contributed by atoms with van der Waals surface area (Å²) in [5.41, 5.74) is 2.15. The molecule has 2 heterocycles. The second-order valence-corrected chi connectivity index (χ2v) is 6.56. The Kier molecular flexibility index (Phi) is 3.14. The van der Waals surface area contributed by atoms with Crippen molar-refractivity contribution in [3.63, 3.8) is 0 Å². The number of anilines is 1. The van der Waals surface area contributed by atoms with Crippen LogP contribution in [0.1, 0.15) is 18.4 Å². The zero-order valence-electron chi connectivity index (χ0n) is 9.31. The van der Waals surface area contributed by atoms with Gasteiger partial charge in [-0.25, -0.2) is 8.42 Å². The van der Waals surface area contributed by atoms with Crippen LogP contribution >= 0.6 is 0 Å². The van der Waals surface area contributed by atoms with Gasteiger partial charge in [0.25, 0.3) is 0 Å². The van der Waals surface area contributed by atoms with Gasteiger partial charge in [0, 0.05) is 12.2 Å². The first-order valence-electron chi connectivity index (χ1n) is 5.44. The second-order valence-electron chi connectivity index (χ2n) is 4.26. The predicted octanol–water partition coefficient (Wildman–Crippen LogP) is 1.38. The highest BCUT2D eigenvalue weighted by atomic mass is 32.2. The predicted molar refractivity (Wildman–Crippen MR) is 64.3 cm³/mol. The standard InChI is InChI=1S/C11H16N2O2S/c1-9-2-5-12-8-11(9)13-10-3-6-16(14,15)7-4-10/h2,5,8,10,13H,3-4,6-7H2,1H3. The number of nitrogens with one attached hydrogen (secondary N) is 1. The van der Waals surface area contributed by atoms with Gasteiger partial charge in [-0.1, -0.05) is 0 Å². The number of sulfone groups is 1. The van der Waals surface area contributed by atoms with E-state index in [-0.39, 0.29) is 6.04 Å². The average molecular weight is 240 g/mol. The van der Waals surface area contributed by atoms with Crippen LogP contribution in [0.15, 0.2) is 18.5 Å². The van der Waals surface area contributed by atoms with Gasteiger partial charge in [0.05, 0.1) is 23.4 Å². The van der Waals surface area contributed by atoms with Gasteiger partial charge in [-0.3, -0.25) is 4.98 Å². The Hall–Kier alpha value is -1.10. The van der Waals surface area contributed by atoms with Gasteiger partial charge >= 0.3 is 0 Å². The molecule has 0 aromatic carbocycles. The largest absolute Gasteiger partial charge is 0.381 e. The van der Waals surface area contributed by atoms with E-state index in [1.165, 1.54) is 0 Å². The third-order valence-corrected chi connectivity index (χ3v) is 4.67. The normalized spacial score (nSPS) is 20.6. The third-order valence-electron chi connectivity index (χ3n) is 2.95. The molecule has 0 saturated carbocycles. The monoisotopic (exact) mass is 240 g/mol. The maximum Gasteiger partial charge on any atom is 0.150 e. The molecule has 0 amide bonds. The molecule has 0 spiro atoms. The number of aromatic nitrogens is 1. The van der Waals surface area contributed by atoms with Crippen LogP contribution < -0.4 is 5.32 Å². The van der Waals surface area contributed by atoms with Gasteiger partial charge < -0.3 is 5.32 Å². The Morgan fingerprint density at radius 1 is 1.38 bits per heavy atom. The Bertz CT molecular complexity index is 457. The number of hydrogen-bond donors (Lipinski definition) is 1. The first kappa shape index (κ1) is 11.4. The molecule has 1 aromatic rings. The van der Waals surface area contributed by atoms with E-state index in [1.807, 2.05) is 13.0 Å². The summed E-state index contributed by atoms with van der Waals surface area (Å²) >= 11 is 0. The first-order chi connectivity index (χ1) is 7.57. The van der Waals surface area contributed by atoms with Crippen molar-refractivity contribution in [3.05, 3.63) is 24.0 Å². The molecule has 1 aromatic heterocycles. The quantitative estimate of drug-likeness (QED) is 0.848. The van der Waals surface area contributed by atoms with Crippen LogP contribution in [0, 0.1) is 6.92 Å². The molecule has 1 aliphatic rings. The van der Waals surface area contributed by atoms with E-state index in [1.54, 1.807) is 12.4 Å². The first-order valence-corrected chi connectivity index (χ1v) is 7.26. The summed E-state index contributed by atoms with van der Waals surface area (Å²) < 4.78 is 22.6. The summed E-state index contributed by atoms with van der Waals surface area (Å²) in [6.07, 6.45) is 4.93. The average Bonchev–Trinajstić information content (AvgIpc) is 2.24. The van der Waals surface area contributed by atoms with Crippen LogP contribution in [0.2, 0.25) is 0 Å². The molecule has 0 unspecified atom stereocenters. The molecule has 2 rings (SSSR count). The minimum Gasteiger partial charge on any atom is -0.381 e. The van der Waals surface area contributed by atoms with E-state index in [0.29, 0.717) is 24.3 Å². The summed E-state index contributed by atoms with van der Waals surface area (Å²) in [4.78, 5) is 4.06. The number of hydrogen-bond acceptors (Lipinski definition) is 4. The SMILES string of the molecule is Cc1ccncc1NC1CCS(=O)(=O)CC1. The third kappa shape index (κ3) is 2.72. The van der Waals surface area contributed by atoms with E-state index < -0.39 is 9.84 Å². The Morgan fingerprint density at radius 3 is 2.69 bits per heavy atom. The van der Waals surface area contributed by atoms with Crippen LogP contribution in [0.4, 0.5) is 5.69 Å². The lowest BCUT2D eigenvalue weighted by atomic mass is 10.1. The van der Waals surface area contributed by atoms with Crippen LogP contribution in [-0.4, -0.2) is 30.9 Å². The Morgan fingerprint density at radius 2 is 2.06 bits per heavy atom. The van der Waals surface area contributed by atoms with Crippen LogP contribution in [-0.2, 0) is 9.84 Å². The highest BCUT2D eigenvalue weighted by Gasteiger charge is 2.23. The molecule has 88 valence electrons. The molecule has 1 saturated heterocycles. The van der Waals surface area contributed by atoms with E-state index >= 15 is 0 Å². The van der Waals surface area contributed by atoms with E-state index in [0.717, 1.165) is 11.3 Å². The molecule has 4 nitrogen and oxygen atoms in total. The number of pyridine rings is 1. The number of rotatable bonds is 2. The lowest BCUT2D eigenvalue weighted by Crippen LogP contribution is -2.32. The van der Waals surface area contributed by atoms with Crippen molar-refractivity contribution in [3.8, 4) is 0 Å². The van der Waals surface area contributed by atoms with E-state index in [2.05, 4.69) is 10.3 Å². The number of aryl methyl sites for hydroxylation is 1. The maximum absolute atomic E-state index is 11.3. The van der Waals surface area contributed by atoms with Gasteiger partial charge in [-0.05, 0) is 31.4 Å². The Labute approximate surface area is 96.0 Å². The number of nitrogens with zero attached hydrogens (tertiary/aromatic N) is 1. The van der Waals surface area contributed by atoms with Gasteiger partial charge in [0.2, 0.25) is 0 Å². The molecular formula is C11H16N2O2S. The highest BCUT2D eigenvalue weighted by Crippen LogP contribution is 2.19. The molecule has 0 bridgehead atoms. The van der Waals surface area contributed by atoms with Crippen molar-refractivity contribution in [2.75, 3.05) is 16.8 Å². The van der Waals surface area contributed by atoms with E-state index in [4.69, 9.17) is 0 Å². The highest BCUT2D eigenvalue weighted by molar-refractivity contribution is 7.91. The molecule has 0 radical (unpaired) electrons. The van der Waals surface area contributed by atoms with Crippen LogP contribution in [0.25, 0.3) is 0 Å². The van der Waals surface area contributed by atoms with Crippen LogP contribution in [0.5, 0.6) is 0 Å². The molecule has 0 atom stereocenters. The van der Waals surface area contributed by atoms with Crippen molar-refractivity contribution in [2.45, 2.75) is 25.8 Å². The molecule has 1 fully saturated rings. The fraction of sp³-hybridized carbons (Fsp3) is 0.545. The molecule has 5 heteroatoms. The Balaban J connectivity index is 2.00. The zero-order valence-corrected chi connectivity index (χ0v) is 10.1. The zero-order chi connectivity index (χ0) is 11.6. The van der Waals surface area contributed by atoms with Crippen molar-refractivity contribution in [1.82, 2.24) is 4.98 Å². The van der Waals surface area contributed by atoms with Gasteiger partial charge in [-0.15, -0.1) is 0 Å². The van der Waals surface area contributed by atoms with Crippen LogP contribution in [0.3, 0.4) is 0 Å². The van der Waals surface area contributed by atoms with Gasteiger partial charge in [-0.2, -0.15) is 0 Å². The lowest BCUT2D eigenvalue weighted by molar-refractivity contribution is 0.559. The summed E-state index contributed by atoms with van der Waals surface area (Å²) in [7, 11) is -2.77. The molecular weight excluding hydrogens is 224 g/mol. The fourth-order valence-electron chi connectivity index (χ4n) is 1.87. The molecule has 1 N–H and O–H groups in total. The molecule has 16 heavy (non-hydrogen) atoms. The summed E-state index contributed by atoms with van der Waals surface area (Å²) in [6.45, 7) is 2.02. The molecule has 0 aliphatic carbocycles. The van der Waals surface area contributed by atoms with Crippen molar-refractivity contribution < 1.29 is 8.42 Å². The van der Waals surface area contributed by atoms with Crippen molar-refractivity contribution >= 4 is 15.5 Å². The van der Waals surface area contributed by atoms with Crippen molar-refractivity contribution in [1.29, 1.82) is 0 Å². The summed E-state index contributed by atoms with van der Waals surface area (Å²) in [5.74, 6) is 0.591. The lowest BCUT2D eigenvalue weighted by Gasteiger charge is -2.24. The topological polar surface area (TPSA) is 59.1 Å². The second kappa shape index (κ2) is 4.41. The smallest absolute Gasteiger partial charge is 0.150 e. The minimum absolute atomic E-state index is 0.256. The summed E-state index contributed by atoms with van der Waals surface area (Å²) in [5, 5.41) is 3.36. The summed E-state index contributed by atoms with van der Waals surface area (Å²) in [6, 6.07) is 2.20. The van der Waals surface area contributed by atoms with E-state index in [9.17, 15) is 8.42 Å². The van der Waals surface area contributed by atoms with Crippen molar-refractivity contribution in [2.24, 2.45) is 0 Å². The van der Waals surface area contributed by atoms with Gasteiger partial charge in [0.15, 0.2) is 0 Å².